The molecule has 28 heteroatoms. The second-order valence-corrected chi connectivity index (χ2v) is 23.8. The van der Waals surface area contributed by atoms with Crippen LogP contribution in [0.5, 0.6) is 0 Å². The van der Waals surface area contributed by atoms with Crippen LogP contribution in [0.25, 0.3) is 0 Å². The van der Waals surface area contributed by atoms with Crippen molar-refractivity contribution in [3.8, 4) is 0 Å². The fourth-order valence-electron chi connectivity index (χ4n) is 15.3. The van der Waals surface area contributed by atoms with Gasteiger partial charge in [-0.3, -0.25) is 4.79 Å². The molecule has 9 aliphatic rings. The summed E-state index contributed by atoms with van der Waals surface area (Å²) in [6.07, 6.45) is -37.5. The van der Waals surface area contributed by atoms with E-state index in [1.165, 1.54) is 0 Å². The van der Waals surface area contributed by atoms with Crippen molar-refractivity contribution in [2.75, 3.05) is 33.0 Å². The minimum atomic E-state index is -2.04. The van der Waals surface area contributed by atoms with E-state index in [4.69, 9.17) is 47.4 Å². The summed E-state index contributed by atoms with van der Waals surface area (Å²) < 4.78 is 60.0. The van der Waals surface area contributed by atoms with E-state index in [9.17, 15) is 86.8 Å². The molecule has 454 valence electrons. The zero-order chi connectivity index (χ0) is 57.4. The molecule has 27 unspecified atom stereocenters. The highest BCUT2D eigenvalue weighted by atomic mass is 16.8. The highest BCUT2D eigenvalue weighted by Gasteiger charge is 2.70. The number of carbonyl (C=O) groups is 1. The fourth-order valence-corrected chi connectivity index (χ4v) is 15.3. The van der Waals surface area contributed by atoms with Crippen molar-refractivity contribution in [3.05, 3.63) is 11.6 Å². The maximum absolute atomic E-state index is 15.3. The van der Waals surface area contributed by atoms with Gasteiger partial charge in [-0.2, -0.15) is 0 Å². The van der Waals surface area contributed by atoms with Gasteiger partial charge in [-0.15, -0.1) is 0 Å². The van der Waals surface area contributed by atoms with Gasteiger partial charge in [-0.1, -0.05) is 19.4 Å². The molecule has 17 N–H and O–H groups in total. The summed E-state index contributed by atoms with van der Waals surface area (Å²) in [4.78, 5) is 15.3. The summed E-state index contributed by atoms with van der Waals surface area (Å²) in [6.45, 7) is 1.68. The van der Waals surface area contributed by atoms with Gasteiger partial charge in [0.15, 0.2) is 31.3 Å². The summed E-state index contributed by atoms with van der Waals surface area (Å²) in [6, 6.07) is 0. The Labute approximate surface area is 454 Å². The van der Waals surface area contributed by atoms with Gasteiger partial charge in [0.25, 0.3) is 0 Å². The molecule has 4 saturated carbocycles. The van der Waals surface area contributed by atoms with E-state index >= 15 is 4.79 Å². The van der Waals surface area contributed by atoms with Gasteiger partial charge in [0.05, 0.1) is 44.1 Å². The summed E-state index contributed by atoms with van der Waals surface area (Å²) in [5.41, 5.74) is -2.30. The van der Waals surface area contributed by atoms with E-state index in [1.807, 2.05) is 13.0 Å². The van der Waals surface area contributed by atoms with Crippen LogP contribution < -0.4 is 0 Å². The van der Waals surface area contributed by atoms with Crippen molar-refractivity contribution in [3.63, 3.8) is 0 Å². The van der Waals surface area contributed by atoms with Crippen molar-refractivity contribution in [2.24, 2.45) is 28.1 Å². The molecule has 9 fully saturated rings. The van der Waals surface area contributed by atoms with Gasteiger partial charge in [0.2, 0.25) is 6.29 Å². The van der Waals surface area contributed by atoms with Crippen LogP contribution in [0, 0.1) is 28.1 Å². The predicted molar refractivity (Wildman–Crippen MR) is 256 cm³/mol. The first-order valence-electron chi connectivity index (χ1n) is 27.4. The maximum Gasteiger partial charge on any atom is 0.314 e. The zero-order valence-electron chi connectivity index (χ0n) is 44.2. The number of hydrogen-bond donors (Lipinski definition) is 17. The SMILES string of the molecule is C/C=C1/C[C@@]23CCC4[C@](C)(C(=O)OC5OC(CO)C(O)C(OC6OC(CO)C(O)C(O)C6O)C5OC5OC(CO)C(O)C(O)C5O)CCC[C@@]4(C)[C@@H]2CCC1(OC1OC(CO)C(O)C(OC2OC(CO)C(O)C(O)C2O)C1O)C3. The van der Waals surface area contributed by atoms with E-state index in [1.54, 1.807) is 6.92 Å². The van der Waals surface area contributed by atoms with Gasteiger partial charge >= 0.3 is 5.97 Å². The van der Waals surface area contributed by atoms with Crippen LogP contribution in [0.2, 0.25) is 0 Å². The highest BCUT2D eigenvalue weighted by Crippen LogP contribution is 2.74. The molecule has 31 atom stereocenters. The average Bonchev–Trinajstić information content (AvgIpc) is 3.97. The molecule has 0 aromatic rings. The first kappa shape index (κ1) is 61.7. The molecule has 1 spiro atoms. The third-order valence-corrected chi connectivity index (χ3v) is 19.5. The van der Waals surface area contributed by atoms with Gasteiger partial charge in [-0.05, 0) is 93.5 Å². The number of aliphatic hydroxyl groups excluding tert-OH is 17. The normalized spacial score (nSPS) is 54.5. The van der Waals surface area contributed by atoms with Gasteiger partial charge in [0, 0.05) is 0 Å². The molecule has 5 heterocycles. The van der Waals surface area contributed by atoms with E-state index in [0.29, 0.717) is 57.8 Å². The Morgan fingerprint density at radius 3 is 1.42 bits per heavy atom. The molecule has 0 amide bonds. The number of ether oxygens (including phenoxy) is 10. The first-order chi connectivity index (χ1) is 37.4. The minimum Gasteiger partial charge on any atom is -0.432 e. The number of rotatable bonds is 15. The van der Waals surface area contributed by atoms with Gasteiger partial charge < -0.3 is 134 Å². The molecule has 9 rings (SSSR count). The lowest BCUT2D eigenvalue weighted by molar-refractivity contribution is -0.389. The van der Waals surface area contributed by atoms with Crippen LogP contribution >= 0.6 is 0 Å². The second kappa shape index (κ2) is 23.9. The molecular formula is C51H82O28. The number of carbonyl (C=O) groups excluding carboxylic acids is 1. The molecule has 2 bridgehead atoms. The standard InChI is InChI=1S/C51H82O28/c1-4-19-12-50-10-6-25-48(2,26(50)7-11-51(19,18-50)79-45-38(68)39(30(60)23(16-55)73-45)75-42-35(65)32(62)27(57)20(13-52)70-42)8-5-9-49(25,3)47(69)78-46-41(77-44-37(67)34(64)29(59)22(15-54)72-44)40(31(61)24(17-56)74-46)76-43-36(66)33(63)28(58)21(14-53)71-43/h4,20-46,52-68H,5-18H2,1-3H3/b19-4-/t20?,21?,22?,23?,24?,25?,26-,27?,28?,29?,30?,31?,32?,33?,34?,35?,36?,37?,38?,39?,40?,41?,42?,43?,44?,45?,46?,48+,49+,50+,51?/m0/s1. The largest absolute Gasteiger partial charge is 0.432 e. The van der Waals surface area contributed by atoms with Crippen LogP contribution in [0.4, 0.5) is 0 Å². The molecule has 5 aliphatic heterocycles. The third kappa shape index (κ3) is 10.7. The average molecular weight is 1140 g/mol. The minimum absolute atomic E-state index is 0.0229. The van der Waals surface area contributed by atoms with E-state index in [0.717, 1.165) is 5.57 Å². The van der Waals surface area contributed by atoms with Crippen molar-refractivity contribution < 1.29 is 139 Å². The number of aliphatic hydroxyl groups is 17. The van der Waals surface area contributed by atoms with Crippen molar-refractivity contribution >= 4 is 5.97 Å². The molecule has 0 aromatic heterocycles. The maximum atomic E-state index is 15.3. The Morgan fingerprint density at radius 2 is 0.924 bits per heavy atom. The number of esters is 1. The monoisotopic (exact) mass is 1140 g/mol. The Balaban J connectivity index is 0.960. The number of fused-ring (bicyclic) bond motifs is 3. The van der Waals surface area contributed by atoms with E-state index < -0.39 is 214 Å². The van der Waals surface area contributed by atoms with Crippen LogP contribution in [-0.2, 0) is 52.2 Å². The topological polar surface area (TPSA) is 453 Å². The third-order valence-electron chi connectivity index (χ3n) is 19.5. The summed E-state index contributed by atoms with van der Waals surface area (Å²) in [5.74, 6) is -1.15. The lowest BCUT2D eigenvalue weighted by Crippen LogP contribution is -2.67. The van der Waals surface area contributed by atoms with Crippen LogP contribution in [0.3, 0.4) is 0 Å². The summed E-state index contributed by atoms with van der Waals surface area (Å²) in [5, 5.41) is 181. The highest BCUT2D eigenvalue weighted by molar-refractivity contribution is 5.77. The Hall–Kier alpha value is -1.83. The number of hydrogen-bond acceptors (Lipinski definition) is 28. The second-order valence-electron chi connectivity index (χ2n) is 23.8. The Bertz CT molecular complexity index is 2110. The van der Waals surface area contributed by atoms with Crippen molar-refractivity contribution in [1.82, 2.24) is 0 Å². The molecule has 5 saturated heterocycles. The van der Waals surface area contributed by atoms with Gasteiger partial charge in [-0.25, -0.2) is 0 Å². The lowest BCUT2D eigenvalue weighted by Gasteiger charge is -2.64. The van der Waals surface area contributed by atoms with Crippen molar-refractivity contribution in [1.29, 1.82) is 0 Å². The molecule has 0 radical (unpaired) electrons. The van der Waals surface area contributed by atoms with Crippen molar-refractivity contribution in [2.45, 2.75) is 238 Å². The molecular weight excluding hydrogens is 1060 g/mol. The van der Waals surface area contributed by atoms with Crippen LogP contribution in [0.1, 0.15) is 78.6 Å². The molecule has 28 nitrogen and oxygen atoms in total. The predicted octanol–water partition coefficient (Wildman–Crippen LogP) is -6.90. The molecule has 0 aromatic carbocycles. The van der Waals surface area contributed by atoms with E-state index in [-0.39, 0.29) is 11.8 Å². The summed E-state index contributed by atoms with van der Waals surface area (Å²) in [7, 11) is 0. The Kier molecular flexibility index (Phi) is 18.7. The summed E-state index contributed by atoms with van der Waals surface area (Å²) >= 11 is 0. The molecule has 79 heavy (non-hydrogen) atoms. The number of allylic oxidation sites excluding steroid dienone is 1. The van der Waals surface area contributed by atoms with E-state index in [2.05, 4.69) is 6.92 Å². The zero-order valence-corrected chi connectivity index (χ0v) is 44.2. The van der Waals surface area contributed by atoms with Crippen LogP contribution in [0.15, 0.2) is 11.6 Å². The fraction of sp³-hybridized carbons (Fsp3) is 0.941. The van der Waals surface area contributed by atoms with Crippen LogP contribution in [-0.4, -0.2) is 285 Å². The smallest absolute Gasteiger partial charge is 0.314 e. The Morgan fingerprint density at radius 1 is 0.494 bits per heavy atom. The quantitative estimate of drug-likeness (QED) is 0.0412. The lowest BCUT2D eigenvalue weighted by atomic mass is 9.41. The van der Waals surface area contributed by atoms with Gasteiger partial charge in [0.1, 0.15) is 116 Å². The molecule has 4 aliphatic carbocycles. The first-order valence-corrected chi connectivity index (χ1v) is 27.4.